The minimum absolute atomic E-state index is 0.0210. The Morgan fingerprint density at radius 2 is 2.04 bits per heavy atom. The standard InChI is InChI=1S/C20H24O5/c1-20-7-6-11-10(12(20)4-5-14(20)22)3-2-9-8-13(21)16-17(15(9)11)25-18(16)19(23)24/h8,10-12,14,18,21-22H,2-7H2,1H3,(H,23,24)/t10-,11-,12-,14-,18?,20-/m0/s1. The summed E-state index contributed by atoms with van der Waals surface area (Å²) in [6.45, 7) is 2.24. The van der Waals surface area contributed by atoms with Gasteiger partial charge in [-0.2, -0.15) is 0 Å². The lowest BCUT2D eigenvalue weighted by molar-refractivity contribution is -0.148. The molecule has 6 atom stereocenters. The van der Waals surface area contributed by atoms with Gasteiger partial charge in [0.1, 0.15) is 11.5 Å². The van der Waals surface area contributed by atoms with Crippen molar-refractivity contribution < 1.29 is 24.9 Å². The zero-order chi connectivity index (χ0) is 17.5. The number of aromatic hydroxyl groups is 1. The van der Waals surface area contributed by atoms with Crippen LogP contribution in [0.4, 0.5) is 0 Å². The van der Waals surface area contributed by atoms with Crippen molar-refractivity contribution in [3.63, 3.8) is 0 Å². The Hall–Kier alpha value is -1.75. The van der Waals surface area contributed by atoms with Crippen molar-refractivity contribution in [2.75, 3.05) is 0 Å². The number of carboxylic acids is 1. The molecule has 3 aliphatic carbocycles. The van der Waals surface area contributed by atoms with Crippen molar-refractivity contribution in [1.29, 1.82) is 0 Å². The van der Waals surface area contributed by atoms with Crippen LogP contribution in [0.2, 0.25) is 0 Å². The number of ether oxygens (including phenoxy) is 1. The van der Waals surface area contributed by atoms with E-state index < -0.39 is 12.1 Å². The molecule has 1 aliphatic heterocycles. The zero-order valence-electron chi connectivity index (χ0n) is 14.4. The fourth-order valence-corrected chi connectivity index (χ4v) is 6.36. The predicted octanol–water partition coefficient (Wildman–Crippen LogP) is 3.13. The van der Waals surface area contributed by atoms with Gasteiger partial charge in [-0.25, -0.2) is 4.79 Å². The Kier molecular flexibility index (Phi) is 3.04. The molecule has 0 radical (unpaired) electrons. The maximum atomic E-state index is 11.3. The smallest absolute Gasteiger partial charge is 0.349 e. The number of aliphatic hydroxyl groups excluding tert-OH is 1. The van der Waals surface area contributed by atoms with Crippen molar-refractivity contribution in [2.45, 2.75) is 63.6 Å². The van der Waals surface area contributed by atoms with Crippen LogP contribution in [0.1, 0.15) is 67.7 Å². The van der Waals surface area contributed by atoms with Crippen LogP contribution < -0.4 is 4.74 Å². The summed E-state index contributed by atoms with van der Waals surface area (Å²) >= 11 is 0. The Bertz CT molecular complexity index is 772. The normalized spacial score (nSPS) is 40.8. The Labute approximate surface area is 146 Å². The van der Waals surface area contributed by atoms with Crippen LogP contribution in [0.3, 0.4) is 0 Å². The van der Waals surface area contributed by atoms with E-state index in [4.69, 9.17) is 4.74 Å². The largest absolute Gasteiger partial charge is 0.507 e. The third-order valence-corrected chi connectivity index (χ3v) is 7.65. The van der Waals surface area contributed by atoms with Gasteiger partial charge < -0.3 is 20.1 Å². The molecule has 2 fully saturated rings. The van der Waals surface area contributed by atoms with Crippen LogP contribution in [0, 0.1) is 17.3 Å². The molecule has 0 amide bonds. The number of aliphatic hydroxyl groups is 1. The molecule has 25 heavy (non-hydrogen) atoms. The Morgan fingerprint density at radius 1 is 1.24 bits per heavy atom. The van der Waals surface area contributed by atoms with E-state index in [2.05, 4.69) is 6.92 Å². The SMILES string of the molecule is C[C@]12CC[C@@H]3c4c(cc(O)c5c4OC5C(=O)O)CC[C@@H]3[C@@H]1CC[C@@H]2O. The van der Waals surface area contributed by atoms with Gasteiger partial charge in [0.25, 0.3) is 0 Å². The number of benzene rings is 1. The van der Waals surface area contributed by atoms with Crippen molar-refractivity contribution in [1.82, 2.24) is 0 Å². The second kappa shape index (κ2) is 4.91. The van der Waals surface area contributed by atoms with Gasteiger partial charge >= 0.3 is 5.97 Å². The predicted molar refractivity (Wildman–Crippen MR) is 89.7 cm³/mol. The molecule has 5 rings (SSSR count). The Morgan fingerprint density at radius 3 is 2.80 bits per heavy atom. The first-order valence-electron chi connectivity index (χ1n) is 9.38. The van der Waals surface area contributed by atoms with Gasteiger partial charge in [-0.15, -0.1) is 0 Å². The quantitative estimate of drug-likeness (QED) is 0.728. The second-order valence-electron chi connectivity index (χ2n) is 8.60. The van der Waals surface area contributed by atoms with Gasteiger partial charge in [0, 0.05) is 5.56 Å². The average molecular weight is 344 g/mol. The molecule has 1 heterocycles. The van der Waals surface area contributed by atoms with E-state index in [-0.39, 0.29) is 17.3 Å². The molecule has 5 nitrogen and oxygen atoms in total. The lowest BCUT2D eigenvalue weighted by Crippen LogP contribution is -2.44. The number of rotatable bonds is 1. The molecule has 0 saturated heterocycles. The number of phenols is 1. The summed E-state index contributed by atoms with van der Waals surface area (Å²) < 4.78 is 5.62. The molecular formula is C20H24O5. The lowest BCUT2D eigenvalue weighted by atomic mass is 9.55. The molecule has 0 spiro atoms. The van der Waals surface area contributed by atoms with Crippen molar-refractivity contribution in [3.05, 3.63) is 22.8 Å². The van der Waals surface area contributed by atoms with Gasteiger partial charge in [0.2, 0.25) is 6.10 Å². The van der Waals surface area contributed by atoms with Gasteiger partial charge in [-0.05, 0) is 73.3 Å². The van der Waals surface area contributed by atoms with Gasteiger partial charge in [-0.1, -0.05) is 6.92 Å². The first-order valence-corrected chi connectivity index (χ1v) is 9.38. The van der Waals surface area contributed by atoms with Crippen molar-refractivity contribution >= 4 is 5.97 Å². The summed E-state index contributed by atoms with van der Waals surface area (Å²) in [5, 5.41) is 30.0. The Balaban J connectivity index is 1.58. The van der Waals surface area contributed by atoms with E-state index in [0.717, 1.165) is 49.7 Å². The van der Waals surface area contributed by atoms with E-state index in [1.165, 1.54) is 0 Å². The van der Waals surface area contributed by atoms with E-state index in [0.29, 0.717) is 29.1 Å². The fraction of sp³-hybridized carbons (Fsp3) is 0.650. The third-order valence-electron chi connectivity index (χ3n) is 7.65. The maximum Gasteiger partial charge on any atom is 0.349 e. The molecule has 1 unspecified atom stereocenters. The van der Waals surface area contributed by atoms with Crippen LogP contribution in [-0.2, 0) is 11.2 Å². The molecule has 134 valence electrons. The number of aliphatic carboxylic acids is 1. The summed E-state index contributed by atoms with van der Waals surface area (Å²) in [7, 11) is 0. The first kappa shape index (κ1) is 15.5. The minimum atomic E-state index is -1.05. The summed E-state index contributed by atoms with van der Waals surface area (Å²) in [6, 6.07) is 1.76. The summed E-state index contributed by atoms with van der Waals surface area (Å²) in [5.41, 5.74) is 2.73. The van der Waals surface area contributed by atoms with Crippen molar-refractivity contribution in [2.24, 2.45) is 17.3 Å². The van der Waals surface area contributed by atoms with Crippen LogP contribution in [0.15, 0.2) is 6.07 Å². The molecule has 0 aromatic heterocycles. The first-order chi connectivity index (χ1) is 11.9. The zero-order valence-corrected chi connectivity index (χ0v) is 14.4. The number of carbonyl (C=O) groups is 1. The number of hydrogen-bond donors (Lipinski definition) is 3. The van der Waals surface area contributed by atoms with Crippen LogP contribution in [0.25, 0.3) is 0 Å². The number of aryl methyl sites for hydroxylation is 1. The van der Waals surface area contributed by atoms with Crippen LogP contribution in [-0.4, -0.2) is 27.4 Å². The number of phenolic OH excluding ortho intramolecular Hbond substituents is 1. The highest BCUT2D eigenvalue weighted by molar-refractivity contribution is 5.82. The number of carboxylic acid groups (broad SMARTS) is 1. The summed E-state index contributed by atoms with van der Waals surface area (Å²) in [5.74, 6) is 1.03. The molecular weight excluding hydrogens is 320 g/mol. The van der Waals surface area contributed by atoms with E-state index >= 15 is 0 Å². The van der Waals surface area contributed by atoms with Crippen LogP contribution in [0.5, 0.6) is 11.5 Å². The molecule has 1 aromatic carbocycles. The third kappa shape index (κ3) is 1.85. The maximum absolute atomic E-state index is 11.3. The monoisotopic (exact) mass is 344 g/mol. The molecule has 1 aromatic rings. The van der Waals surface area contributed by atoms with Gasteiger partial charge in [0.05, 0.1) is 11.7 Å². The summed E-state index contributed by atoms with van der Waals surface area (Å²) in [6.07, 6.45) is 4.69. The van der Waals surface area contributed by atoms with Gasteiger partial charge in [-0.3, -0.25) is 0 Å². The highest BCUT2D eigenvalue weighted by atomic mass is 16.5. The van der Waals surface area contributed by atoms with Crippen molar-refractivity contribution in [3.8, 4) is 11.5 Å². The highest BCUT2D eigenvalue weighted by Crippen LogP contribution is 2.64. The molecule has 0 bridgehead atoms. The van der Waals surface area contributed by atoms with Crippen LogP contribution >= 0.6 is 0 Å². The fourth-order valence-electron chi connectivity index (χ4n) is 6.36. The van der Waals surface area contributed by atoms with E-state index in [1.54, 1.807) is 6.07 Å². The van der Waals surface area contributed by atoms with E-state index in [1.807, 2.05) is 0 Å². The molecule has 4 aliphatic rings. The number of hydrogen-bond acceptors (Lipinski definition) is 4. The highest BCUT2D eigenvalue weighted by Gasteiger charge is 2.56. The molecule has 2 saturated carbocycles. The number of fused-ring (bicyclic) bond motifs is 7. The molecule has 5 heteroatoms. The molecule has 3 N–H and O–H groups in total. The topological polar surface area (TPSA) is 87.0 Å². The summed E-state index contributed by atoms with van der Waals surface area (Å²) in [4.78, 5) is 11.3. The van der Waals surface area contributed by atoms with Gasteiger partial charge in [0.15, 0.2) is 0 Å². The van der Waals surface area contributed by atoms with E-state index in [9.17, 15) is 20.1 Å². The minimum Gasteiger partial charge on any atom is -0.507 e. The average Bonchev–Trinajstić information content (AvgIpc) is 2.82. The second-order valence-corrected chi connectivity index (χ2v) is 8.60. The lowest BCUT2D eigenvalue weighted by Gasteiger charge is -2.51.